The van der Waals surface area contributed by atoms with Gasteiger partial charge in [0.15, 0.2) is 0 Å². The highest BCUT2D eigenvalue weighted by Crippen LogP contribution is 2.62. The van der Waals surface area contributed by atoms with E-state index in [2.05, 4.69) is 0 Å². The second-order valence-corrected chi connectivity index (χ2v) is 3.51. The predicted octanol–water partition coefficient (Wildman–Crippen LogP) is 3.99. The SMILES string of the molecule is O=C(O)C(=CF)CC(C(F)(F)F)(C(F)(F)F)C(F)(F)F. The van der Waals surface area contributed by atoms with Gasteiger partial charge >= 0.3 is 24.5 Å². The zero-order chi connectivity index (χ0) is 16.6. The van der Waals surface area contributed by atoms with E-state index in [1.807, 2.05) is 0 Å². The lowest BCUT2D eigenvalue weighted by Crippen LogP contribution is -2.59. The number of halogens is 10. The van der Waals surface area contributed by atoms with Crippen LogP contribution in [0.2, 0.25) is 0 Å². The average Bonchev–Trinajstić information content (AvgIpc) is 2.11. The minimum absolute atomic E-state index is 1.25. The van der Waals surface area contributed by atoms with Gasteiger partial charge in [0, 0.05) is 6.42 Å². The van der Waals surface area contributed by atoms with Crippen molar-refractivity contribution in [2.75, 3.05) is 0 Å². The van der Waals surface area contributed by atoms with Crippen molar-refractivity contribution in [2.45, 2.75) is 24.9 Å². The van der Waals surface area contributed by atoms with Crippen molar-refractivity contribution in [1.29, 1.82) is 0 Å². The van der Waals surface area contributed by atoms with Crippen LogP contribution in [0.4, 0.5) is 43.9 Å². The van der Waals surface area contributed by atoms with E-state index in [0.29, 0.717) is 0 Å². The average molecular weight is 322 g/mol. The topological polar surface area (TPSA) is 37.3 Å². The van der Waals surface area contributed by atoms with Crippen LogP contribution in [0.25, 0.3) is 0 Å². The minimum atomic E-state index is -6.92. The number of hydrogen-bond acceptors (Lipinski definition) is 1. The molecular weight excluding hydrogens is 318 g/mol. The van der Waals surface area contributed by atoms with Gasteiger partial charge in [0.25, 0.3) is 5.41 Å². The van der Waals surface area contributed by atoms with Gasteiger partial charge in [0.05, 0.1) is 11.9 Å². The van der Waals surface area contributed by atoms with Crippen LogP contribution in [0.15, 0.2) is 11.9 Å². The van der Waals surface area contributed by atoms with Crippen molar-refractivity contribution < 1.29 is 53.8 Å². The molecule has 118 valence electrons. The first-order chi connectivity index (χ1) is 8.62. The summed E-state index contributed by atoms with van der Waals surface area (Å²) in [5.74, 6) is -2.67. The molecule has 0 rings (SSSR count). The third-order valence-electron chi connectivity index (χ3n) is 2.31. The fraction of sp³-hybridized carbons (Fsp3) is 0.625. The first kappa shape index (κ1) is 18.5. The highest BCUT2D eigenvalue weighted by Gasteiger charge is 2.83. The molecule has 0 spiro atoms. The summed E-state index contributed by atoms with van der Waals surface area (Å²) in [6, 6.07) is 0. The zero-order valence-corrected chi connectivity index (χ0v) is 8.92. The van der Waals surface area contributed by atoms with Gasteiger partial charge in [-0.15, -0.1) is 0 Å². The lowest BCUT2D eigenvalue weighted by Gasteiger charge is -2.38. The van der Waals surface area contributed by atoms with Crippen LogP contribution in [-0.4, -0.2) is 29.6 Å². The Morgan fingerprint density at radius 3 is 1.30 bits per heavy atom. The van der Waals surface area contributed by atoms with Crippen molar-refractivity contribution >= 4 is 5.97 Å². The molecule has 0 atom stereocenters. The second-order valence-electron chi connectivity index (χ2n) is 3.51. The largest absolute Gasteiger partial charge is 0.478 e. The van der Waals surface area contributed by atoms with Gasteiger partial charge in [0.1, 0.15) is 0 Å². The van der Waals surface area contributed by atoms with Crippen molar-refractivity contribution in [1.82, 2.24) is 0 Å². The van der Waals surface area contributed by atoms with Crippen molar-refractivity contribution in [3.05, 3.63) is 11.9 Å². The van der Waals surface area contributed by atoms with Gasteiger partial charge in [-0.2, -0.15) is 39.5 Å². The molecule has 0 aliphatic carbocycles. The molecule has 0 saturated carbocycles. The Kier molecular flexibility index (Phi) is 4.75. The van der Waals surface area contributed by atoms with E-state index in [0.717, 1.165) is 0 Å². The molecule has 20 heavy (non-hydrogen) atoms. The molecule has 0 aliphatic rings. The number of carboxylic acid groups (broad SMARTS) is 1. The highest BCUT2D eigenvalue weighted by atomic mass is 19.4. The van der Waals surface area contributed by atoms with Crippen LogP contribution in [0.1, 0.15) is 6.42 Å². The first-order valence-electron chi connectivity index (χ1n) is 4.34. The fourth-order valence-electron chi connectivity index (χ4n) is 1.23. The van der Waals surface area contributed by atoms with Gasteiger partial charge in [-0.3, -0.25) is 0 Å². The molecule has 0 radical (unpaired) electrons. The molecule has 0 heterocycles. The van der Waals surface area contributed by atoms with E-state index in [9.17, 15) is 48.7 Å². The normalized spacial score (nSPS) is 15.4. The first-order valence-corrected chi connectivity index (χ1v) is 4.34. The zero-order valence-electron chi connectivity index (χ0n) is 8.92. The van der Waals surface area contributed by atoms with E-state index in [-0.39, 0.29) is 0 Å². The molecule has 0 fully saturated rings. The number of carboxylic acids is 1. The second kappa shape index (κ2) is 5.13. The summed E-state index contributed by atoms with van der Waals surface area (Å²) in [4.78, 5) is 10.2. The fourth-order valence-corrected chi connectivity index (χ4v) is 1.23. The molecule has 1 N–H and O–H groups in total. The summed E-state index contributed by atoms with van der Waals surface area (Å²) >= 11 is 0. The molecule has 0 aliphatic heterocycles. The summed E-state index contributed by atoms with van der Waals surface area (Å²) in [5, 5.41) is 8.12. The lowest BCUT2D eigenvalue weighted by molar-refractivity contribution is -0.426. The maximum absolute atomic E-state index is 12.3. The molecule has 0 aromatic heterocycles. The third kappa shape index (κ3) is 2.98. The summed E-state index contributed by atoms with van der Waals surface area (Å²) in [5.41, 5.74) is -8.68. The molecule has 0 bridgehead atoms. The molecule has 2 nitrogen and oxygen atoms in total. The number of hydrogen-bond donors (Lipinski definition) is 1. The Hall–Kier alpha value is -1.49. The number of alkyl halides is 9. The van der Waals surface area contributed by atoms with Crippen molar-refractivity contribution in [2.24, 2.45) is 5.41 Å². The molecule has 12 heteroatoms. The summed E-state index contributed by atoms with van der Waals surface area (Å²) in [7, 11) is 0. The van der Waals surface area contributed by atoms with Crippen LogP contribution in [0.3, 0.4) is 0 Å². The number of rotatable bonds is 3. The molecule has 0 amide bonds. The number of carbonyl (C=O) groups is 1. The van der Waals surface area contributed by atoms with Crippen LogP contribution < -0.4 is 0 Å². The van der Waals surface area contributed by atoms with Gasteiger partial charge < -0.3 is 5.11 Å². The third-order valence-corrected chi connectivity index (χ3v) is 2.31. The van der Waals surface area contributed by atoms with E-state index in [4.69, 9.17) is 5.11 Å². The maximum Gasteiger partial charge on any atom is 0.412 e. The van der Waals surface area contributed by atoms with Gasteiger partial charge in [-0.1, -0.05) is 0 Å². The minimum Gasteiger partial charge on any atom is -0.478 e. The van der Waals surface area contributed by atoms with E-state index < -0.39 is 48.2 Å². The quantitative estimate of drug-likeness (QED) is 0.630. The predicted molar refractivity (Wildman–Crippen MR) is 42.0 cm³/mol. The summed E-state index contributed by atoms with van der Waals surface area (Å²) in [6.07, 6.45) is -25.2. The van der Waals surface area contributed by atoms with E-state index in [1.54, 1.807) is 0 Å². The van der Waals surface area contributed by atoms with Crippen LogP contribution >= 0.6 is 0 Å². The smallest absolute Gasteiger partial charge is 0.412 e. The standard InChI is InChI=1S/C8H4F10O2/c9-2-3(4(19)20)1-5(6(10,11)12,7(13,14)15)8(16,17)18/h2H,1H2,(H,19,20). The molecule has 0 saturated heterocycles. The monoisotopic (exact) mass is 322 g/mol. The van der Waals surface area contributed by atoms with Crippen molar-refractivity contribution in [3.63, 3.8) is 0 Å². The van der Waals surface area contributed by atoms with Crippen LogP contribution in [-0.2, 0) is 4.79 Å². The summed E-state index contributed by atoms with van der Waals surface area (Å²) in [6.45, 7) is 0. The maximum atomic E-state index is 12.3. The van der Waals surface area contributed by atoms with Crippen LogP contribution in [0.5, 0.6) is 0 Å². The molecule has 0 unspecified atom stereocenters. The van der Waals surface area contributed by atoms with Crippen LogP contribution in [0, 0.1) is 5.41 Å². The number of aliphatic carboxylic acids is 1. The Bertz CT molecular complexity index is 363. The van der Waals surface area contributed by atoms with Gasteiger partial charge in [-0.25, -0.2) is 9.18 Å². The molecule has 0 aromatic rings. The van der Waals surface area contributed by atoms with E-state index in [1.165, 1.54) is 0 Å². The van der Waals surface area contributed by atoms with E-state index >= 15 is 0 Å². The molecular formula is C8H4F10O2. The Morgan fingerprint density at radius 1 is 0.850 bits per heavy atom. The highest BCUT2D eigenvalue weighted by molar-refractivity contribution is 5.86. The lowest BCUT2D eigenvalue weighted by atomic mass is 9.79. The Balaban J connectivity index is 6.27. The Labute approximate surface area is 103 Å². The molecule has 0 aromatic carbocycles. The van der Waals surface area contributed by atoms with Gasteiger partial charge in [-0.05, 0) is 0 Å². The van der Waals surface area contributed by atoms with Crippen molar-refractivity contribution in [3.8, 4) is 0 Å². The van der Waals surface area contributed by atoms with Gasteiger partial charge in [0.2, 0.25) is 0 Å². The summed E-state index contributed by atoms with van der Waals surface area (Å²) < 4.78 is 123. The Morgan fingerprint density at radius 2 is 1.15 bits per heavy atom.